The summed E-state index contributed by atoms with van der Waals surface area (Å²) in [5.41, 5.74) is 0. The maximum Gasteiger partial charge on any atom is 0.306 e. The molecule has 0 aliphatic rings. The Balaban J connectivity index is 4.38. The van der Waals surface area contributed by atoms with E-state index in [-0.39, 0.29) is 31.1 Å². The van der Waals surface area contributed by atoms with E-state index in [0.29, 0.717) is 19.3 Å². The monoisotopic (exact) mass is 993 g/mol. The van der Waals surface area contributed by atoms with Gasteiger partial charge in [0.2, 0.25) is 0 Å². The molecule has 0 spiro atoms. The summed E-state index contributed by atoms with van der Waals surface area (Å²) in [5, 5.41) is 0. The first-order chi connectivity index (χ1) is 35.0. The van der Waals surface area contributed by atoms with Crippen LogP contribution < -0.4 is 0 Å². The van der Waals surface area contributed by atoms with Crippen molar-refractivity contribution in [3.63, 3.8) is 0 Å². The fourth-order valence-corrected chi connectivity index (χ4v) is 8.79. The summed E-state index contributed by atoms with van der Waals surface area (Å²) in [4.78, 5) is 38.3. The summed E-state index contributed by atoms with van der Waals surface area (Å²) < 4.78 is 16.9. The second-order valence-electron chi connectivity index (χ2n) is 20.6. The SMILES string of the molecule is CCCCC/C=C\C/C=C\CCCCCCCCCCCC(=O)OC[C@H](COC(=O)CCCCCCCCC/C=C\C/C=C\CCCCC)OC(=O)CCCCCCCCC/C=C\CCCCCCCC. The van der Waals surface area contributed by atoms with Crippen LogP contribution in [0.15, 0.2) is 60.8 Å². The summed E-state index contributed by atoms with van der Waals surface area (Å²) in [6, 6.07) is 0. The van der Waals surface area contributed by atoms with Crippen LogP contribution in [0.4, 0.5) is 0 Å². The zero-order valence-corrected chi connectivity index (χ0v) is 47.2. The summed E-state index contributed by atoms with van der Waals surface area (Å²) in [6.45, 7) is 6.61. The van der Waals surface area contributed by atoms with Gasteiger partial charge in [-0.05, 0) is 109 Å². The Morgan fingerprint density at radius 2 is 0.507 bits per heavy atom. The molecule has 0 aliphatic carbocycles. The summed E-state index contributed by atoms with van der Waals surface area (Å²) >= 11 is 0. The molecule has 0 aromatic carbocycles. The lowest BCUT2D eigenvalue weighted by molar-refractivity contribution is -0.167. The smallest absolute Gasteiger partial charge is 0.306 e. The zero-order valence-electron chi connectivity index (χ0n) is 47.2. The Morgan fingerprint density at radius 1 is 0.282 bits per heavy atom. The predicted molar refractivity (Wildman–Crippen MR) is 307 cm³/mol. The van der Waals surface area contributed by atoms with Crippen LogP contribution in [0, 0.1) is 0 Å². The average molecular weight is 994 g/mol. The van der Waals surface area contributed by atoms with Crippen molar-refractivity contribution in [3.8, 4) is 0 Å². The molecule has 6 nitrogen and oxygen atoms in total. The minimum Gasteiger partial charge on any atom is -0.462 e. The molecule has 0 saturated carbocycles. The van der Waals surface area contributed by atoms with Gasteiger partial charge in [0.25, 0.3) is 0 Å². The Bertz CT molecular complexity index is 1280. The number of carbonyl (C=O) groups is 3. The molecule has 0 radical (unpaired) electrons. The number of carbonyl (C=O) groups excluding carboxylic acids is 3. The van der Waals surface area contributed by atoms with Crippen molar-refractivity contribution in [3.05, 3.63) is 60.8 Å². The van der Waals surface area contributed by atoms with Gasteiger partial charge in [-0.3, -0.25) is 14.4 Å². The van der Waals surface area contributed by atoms with E-state index in [1.165, 1.54) is 199 Å². The van der Waals surface area contributed by atoms with Crippen LogP contribution in [0.25, 0.3) is 0 Å². The number of unbranched alkanes of at least 4 members (excludes halogenated alkanes) is 35. The molecule has 0 fully saturated rings. The molecule has 412 valence electrons. The van der Waals surface area contributed by atoms with Crippen LogP contribution in [-0.2, 0) is 28.6 Å². The first-order valence-electron chi connectivity index (χ1n) is 30.8. The van der Waals surface area contributed by atoms with Gasteiger partial charge in [0.15, 0.2) is 6.10 Å². The van der Waals surface area contributed by atoms with Gasteiger partial charge >= 0.3 is 17.9 Å². The average Bonchev–Trinajstić information content (AvgIpc) is 3.37. The fraction of sp³-hybridized carbons (Fsp3) is 0.800. The lowest BCUT2D eigenvalue weighted by Crippen LogP contribution is -2.30. The quantitative estimate of drug-likeness (QED) is 0.0261. The second-order valence-corrected chi connectivity index (χ2v) is 20.6. The highest BCUT2D eigenvalue weighted by atomic mass is 16.6. The molecule has 0 aliphatic heterocycles. The Morgan fingerprint density at radius 3 is 0.817 bits per heavy atom. The van der Waals surface area contributed by atoms with Crippen LogP contribution in [0.2, 0.25) is 0 Å². The topological polar surface area (TPSA) is 78.9 Å². The molecule has 0 N–H and O–H groups in total. The van der Waals surface area contributed by atoms with Crippen molar-refractivity contribution >= 4 is 17.9 Å². The normalized spacial score (nSPS) is 12.4. The first kappa shape index (κ1) is 68.1. The van der Waals surface area contributed by atoms with E-state index in [1.807, 2.05) is 0 Å². The molecule has 0 rings (SSSR count). The van der Waals surface area contributed by atoms with E-state index in [1.54, 1.807) is 0 Å². The van der Waals surface area contributed by atoms with Crippen LogP contribution in [-0.4, -0.2) is 37.2 Å². The largest absolute Gasteiger partial charge is 0.462 e. The molecule has 0 aromatic heterocycles. The number of rotatable bonds is 56. The molecule has 0 aromatic rings. The fourth-order valence-electron chi connectivity index (χ4n) is 8.79. The predicted octanol–water partition coefficient (Wildman–Crippen LogP) is 20.8. The Kier molecular flexibility index (Phi) is 57.2. The molecule has 0 unspecified atom stereocenters. The first-order valence-corrected chi connectivity index (χ1v) is 30.8. The third-order valence-electron chi connectivity index (χ3n) is 13.5. The summed E-state index contributed by atoms with van der Waals surface area (Å²) in [5.74, 6) is -0.881. The summed E-state index contributed by atoms with van der Waals surface area (Å²) in [7, 11) is 0. The molecular weight excluding hydrogens is 877 g/mol. The molecular formula is C65H116O6. The molecule has 0 bridgehead atoms. The minimum absolute atomic E-state index is 0.0793. The van der Waals surface area contributed by atoms with Gasteiger partial charge in [0, 0.05) is 19.3 Å². The van der Waals surface area contributed by atoms with E-state index in [0.717, 1.165) is 77.0 Å². The van der Waals surface area contributed by atoms with Gasteiger partial charge < -0.3 is 14.2 Å². The van der Waals surface area contributed by atoms with Crippen molar-refractivity contribution < 1.29 is 28.6 Å². The van der Waals surface area contributed by atoms with Crippen molar-refractivity contribution in [2.45, 2.75) is 322 Å². The Labute approximate surface area is 440 Å². The van der Waals surface area contributed by atoms with E-state index < -0.39 is 6.10 Å². The van der Waals surface area contributed by atoms with Crippen LogP contribution in [0.3, 0.4) is 0 Å². The number of allylic oxidation sites excluding steroid dienone is 10. The highest BCUT2D eigenvalue weighted by molar-refractivity contribution is 5.71. The van der Waals surface area contributed by atoms with Gasteiger partial charge in [-0.25, -0.2) is 0 Å². The van der Waals surface area contributed by atoms with Crippen LogP contribution in [0.5, 0.6) is 0 Å². The van der Waals surface area contributed by atoms with Crippen molar-refractivity contribution in [2.75, 3.05) is 13.2 Å². The van der Waals surface area contributed by atoms with E-state index in [9.17, 15) is 14.4 Å². The number of esters is 3. The standard InChI is InChI=1S/C65H116O6/c1-4-7-10-13-16-19-22-25-28-31-32-35-37-40-43-46-49-52-55-58-64(67)70-61-62(71-65(68)59-56-53-50-47-44-41-38-34-30-27-24-21-18-15-12-9-6-3)60-69-63(66)57-54-51-48-45-42-39-36-33-29-26-23-20-17-14-11-8-5-2/h16-17,19-20,25-30,62H,4-15,18,21-24,31-61H2,1-3H3/b19-16-,20-17-,28-25-,29-26-,30-27-/t62-/m0/s1. The summed E-state index contributed by atoms with van der Waals surface area (Å²) in [6.07, 6.45) is 74.9. The molecule has 71 heavy (non-hydrogen) atoms. The number of ether oxygens (including phenoxy) is 3. The van der Waals surface area contributed by atoms with Gasteiger partial charge in [-0.2, -0.15) is 0 Å². The van der Waals surface area contributed by atoms with Gasteiger partial charge in [-0.1, -0.05) is 248 Å². The second kappa shape index (κ2) is 59.7. The number of hydrogen-bond donors (Lipinski definition) is 0. The third kappa shape index (κ3) is 57.9. The third-order valence-corrected chi connectivity index (χ3v) is 13.5. The molecule has 6 heteroatoms. The van der Waals surface area contributed by atoms with Crippen molar-refractivity contribution in [1.29, 1.82) is 0 Å². The van der Waals surface area contributed by atoms with Crippen molar-refractivity contribution in [1.82, 2.24) is 0 Å². The highest BCUT2D eigenvalue weighted by Crippen LogP contribution is 2.16. The van der Waals surface area contributed by atoms with Gasteiger partial charge in [-0.15, -0.1) is 0 Å². The van der Waals surface area contributed by atoms with Crippen LogP contribution >= 0.6 is 0 Å². The van der Waals surface area contributed by atoms with Gasteiger partial charge in [0.1, 0.15) is 13.2 Å². The molecule has 0 heterocycles. The maximum atomic E-state index is 12.9. The maximum absolute atomic E-state index is 12.9. The van der Waals surface area contributed by atoms with E-state index >= 15 is 0 Å². The minimum atomic E-state index is -0.782. The highest BCUT2D eigenvalue weighted by Gasteiger charge is 2.19. The molecule has 0 amide bonds. The molecule has 0 saturated heterocycles. The lowest BCUT2D eigenvalue weighted by atomic mass is 10.1. The van der Waals surface area contributed by atoms with Crippen molar-refractivity contribution in [2.24, 2.45) is 0 Å². The van der Waals surface area contributed by atoms with Gasteiger partial charge in [0.05, 0.1) is 0 Å². The molecule has 1 atom stereocenters. The van der Waals surface area contributed by atoms with E-state index in [2.05, 4.69) is 81.5 Å². The number of hydrogen-bond acceptors (Lipinski definition) is 6. The zero-order chi connectivity index (χ0) is 51.4. The van der Waals surface area contributed by atoms with Crippen LogP contribution in [0.1, 0.15) is 316 Å². The lowest BCUT2D eigenvalue weighted by Gasteiger charge is -2.18. The Hall–Kier alpha value is -2.89. The van der Waals surface area contributed by atoms with E-state index in [4.69, 9.17) is 14.2 Å².